The topological polar surface area (TPSA) is 172 Å². The number of nitrogens with zero attached hydrogens (tertiary/aromatic N) is 1. The molecule has 1 rings (SSSR count). The smallest absolute Gasteiger partial charge is 0.552 e. The van der Waals surface area contributed by atoms with Crippen LogP contribution in [0.15, 0.2) is 29.2 Å². The molecule has 8 nitrogen and oxygen atoms in total. The first-order chi connectivity index (χ1) is 9.24. The van der Waals surface area contributed by atoms with E-state index < -0.39 is 22.0 Å². The molecule has 0 aliphatic heterocycles. The number of nitrogens with two attached hydrogens (primary N) is 2. The quantitative estimate of drug-likeness (QED) is 0.530. The number of benzene rings is 1. The van der Waals surface area contributed by atoms with E-state index >= 15 is 0 Å². The van der Waals surface area contributed by atoms with Crippen molar-refractivity contribution >= 4 is 16.0 Å². The van der Waals surface area contributed by atoms with Crippen molar-refractivity contribution in [1.29, 1.82) is 0 Å². The minimum absolute atomic E-state index is 0. The number of rotatable bonds is 5. The zero-order valence-electron chi connectivity index (χ0n) is 12.3. The van der Waals surface area contributed by atoms with Gasteiger partial charge in [0.05, 0.1) is 0 Å². The van der Waals surface area contributed by atoms with Gasteiger partial charge in [-0.15, -0.1) is 0 Å². The number of carbonyl (C=O) groups excluding carboxylic acids is 1. The van der Waals surface area contributed by atoms with Gasteiger partial charge in [0.15, 0.2) is 0 Å². The molecule has 6 N–H and O–H groups in total. The van der Waals surface area contributed by atoms with E-state index in [9.17, 15) is 18.3 Å². The van der Waals surface area contributed by atoms with Gasteiger partial charge in [0, 0.05) is 24.0 Å². The molecule has 0 saturated carbocycles. The summed E-state index contributed by atoms with van der Waals surface area (Å²) in [5.41, 5.74) is 10.7. The molecule has 0 saturated heterocycles. The van der Waals surface area contributed by atoms with E-state index in [1.807, 2.05) is 6.92 Å². The predicted molar refractivity (Wildman–Crippen MR) is 77.9 cm³/mol. The second-order valence-corrected chi connectivity index (χ2v) is 5.60. The second-order valence-electron chi connectivity index (χ2n) is 3.97. The fraction of sp³-hybridized carbons (Fsp3) is 0.417. The normalized spacial score (nSPS) is 11.1. The average molecular weight is 426 g/mol. The van der Waals surface area contributed by atoms with Crippen molar-refractivity contribution in [2.24, 2.45) is 11.5 Å². The Bertz CT molecular complexity index is 520. The molecule has 0 heterocycles. The summed E-state index contributed by atoms with van der Waals surface area (Å²) in [5.74, 6) is -1.52. The third-order valence-electron chi connectivity index (χ3n) is 2.12. The number of hydrogen-bond acceptors (Lipinski definition) is 6. The Hall–Kier alpha value is -0.858. The zero-order chi connectivity index (χ0) is 15.8. The number of carboxylic acids is 1. The first-order valence-electron chi connectivity index (χ1n) is 5.89. The van der Waals surface area contributed by atoms with Crippen molar-refractivity contribution in [2.45, 2.75) is 24.8 Å². The fourth-order valence-electron chi connectivity index (χ4n) is 1.02. The van der Waals surface area contributed by atoms with Gasteiger partial charge in [-0.25, -0.2) is 8.42 Å². The van der Waals surface area contributed by atoms with Crippen LogP contribution in [0.25, 0.3) is 4.72 Å². The Morgan fingerprint density at radius 3 is 1.95 bits per heavy atom. The standard InChI is InChI=1S/C10H12NO4S.C2H8N2.H2O.Pd/c1-7-3-5-9(6-4-7)16(14,15)11-8(2)10(12)13;3-1-2-4;;/h3-6,8H,1-2H3,(H,12,13);1-4H2;1H2;/q-1;;;+2/p-1. The maximum absolute atomic E-state index is 11.6. The number of aliphatic carboxylic acids is 1. The number of aryl methyl sites for hydroxylation is 1. The summed E-state index contributed by atoms with van der Waals surface area (Å²) in [6.45, 7) is 4.17. The van der Waals surface area contributed by atoms with Gasteiger partial charge in [-0.3, -0.25) is 0 Å². The summed E-state index contributed by atoms with van der Waals surface area (Å²) >= 11 is 0. The van der Waals surface area contributed by atoms with E-state index in [4.69, 9.17) is 11.5 Å². The Labute approximate surface area is 144 Å². The molecular formula is C12H21N3O5PdS. The number of carboxylic acid groups (broad SMARTS) is 1. The zero-order valence-corrected chi connectivity index (χ0v) is 14.6. The van der Waals surface area contributed by atoms with Gasteiger partial charge in [0.1, 0.15) is 10.0 Å². The molecule has 0 spiro atoms. The molecule has 10 heteroatoms. The summed E-state index contributed by atoms with van der Waals surface area (Å²) in [7, 11) is -3.92. The molecular weight excluding hydrogens is 405 g/mol. The second kappa shape index (κ2) is 12.7. The molecule has 0 fully saturated rings. The SMILES string of the molecule is Cc1ccc(S(=O)(=O)[N-]C(C)C(=O)[O-])cc1.NCCN.O.[Pd+2]. The van der Waals surface area contributed by atoms with Gasteiger partial charge in [-0.2, -0.15) is 0 Å². The molecule has 0 aromatic heterocycles. The van der Waals surface area contributed by atoms with Crippen molar-refractivity contribution in [3.63, 3.8) is 0 Å². The van der Waals surface area contributed by atoms with E-state index in [0.29, 0.717) is 13.1 Å². The van der Waals surface area contributed by atoms with Crippen molar-refractivity contribution < 1.29 is 44.2 Å². The van der Waals surface area contributed by atoms with Crippen molar-refractivity contribution in [1.82, 2.24) is 0 Å². The van der Waals surface area contributed by atoms with Crippen LogP contribution in [-0.2, 0) is 35.2 Å². The Balaban J connectivity index is -0.000000538. The van der Waals surface area contributed by atoms with Crippen LogP contribution in [0.1, 0.15) is 12.5 Å². The van der Waals surface area contributed by atoms with Crippen LogP contribution in [0.2, 0.25) is 0 Å². The minimum Gasteiger partial charge on any atom is -0.552 e. The largest absolute Gasteiger partial charge is 2.00 e. The predicted octanol–water partition coefficient (Wildman–Crippen LogP) is -1.73. The van der Waals surface area contributed by atoms with E-state index in [1.54, 1.807) is 12.1 Å². The molecule has 0 radical (unpaired) electrons. The van der Waals surface area contributed by atoms with Crippen LogP contribution in [-0.4, -0.2) is 39.0 Å². The van der Waals surface area contributed by atoms with Crippen molar-refractivity contribution in [3.05, 3.63) is 34.6 Å². The molecule has 22 heavy (non-hydrogen) atoms. The van der Waals surface area contributed by atoms with Gasteiger partial charge >= 0.3 is 20.4 Å². The molecule has 130 valence electrons. The van der Waals surface area contributed by atoms with Gasteiger partial charge in [-0.05, 0) is 19.1 Å². The molecule has 1 aromatic rings. The maximum Gasteiger partial charge on any atom is 2.00 e. The van der Waals surface area contributed by atoms with Crippen LogP contribution < -0.4 is 16.6 Å². The summed E-state index contributed by atoms with van der Waals surface area (Å²) in [6.07, 6.45) is 0. The van der Waals surface area contributed by atoms with E-state index in [2.05, 4.69) is 4.72 Å². The van der Waals surface area contributed by atoms with Gasteiger partial charge in [0.25, 0.3) is 0 Å². The summed E-state index contributed by atoms with van der Waals surface area (Å²) < 4.78 is 26.4. The van der Waals surface area contributed by atoms with Crippen LogP contribution in [0.5, 0.6) is 0 Å². The maximum atomic E-state index is 11.6. The molecule has 1 aromatic carbocycles. The van der Waals surface area contributed by atoms with Gasteiger partial charge in [0.2, 0.25) is 0 Å². The monoisotopic (exact) mass is 425 g/mol. The van der Waals surface area contributed by atoms with E-state index in [-0.39, 0.29) is 30.8 Å². The third-order valence-corrected chi connectivity index (χ3v) is 3.59. The number of carbonyl (C=O) groups is 1. The summed E-state index contributed by atoms with van der Waals surface area (Å²) in [6, 6.07) is 4.62. The molecule has 1 unspecified atom stereocenters. The van der Waals surface area contributed by atoms with E-state index in [1.165, 1.54) is 12.1 Å². The average Bonchev–Trinajstić information content (AvgIpc) is 2.39. The third kappa shape index (κ3) is 9.97. The number of hydrogen-bond donors (Lipinski definition) is 2. The van der Waals surface area contributed by atoms with E-state index in [0.717, 1.165) is 12.5 Å². The molecule has 0 aliphatic carbocycles. The van der Waals surface area contributed by atoms with Crippen molar-refractivity contribution in [2.75, 3.05) is 13.1 Å². The van der Waals surface area contributed by atoms with Crippen LogP contribution >= 0.6 is 0 Å². The fourth-order valence-corrected chi connectivity index (χ4v) is 2.13. The Kier molecular flexibility index (Phi) is 15.0. The summed E-state index contributed by atoms with van der Waals surface area (Å²) in [5, 5.41) is 10.4. The van der Waals surface area contributed by atoms with Gasteiger partial charge < -0.3 is 31.6 Å². The van der Waals surface area contributed by atoms with Crippen LogP contribution in [0.3, 0.4) is 0 Å². The van der Waals surface area contributed by atoms with Crippen molar-refractivity contribution in [3.8, 4) is 0 Å². The Morgan fingerprint density at radius 1 is 1.23 bits per heavy atom. The Morgan fingerprint density at radius 2 is 1.64 bits per heavy atom. The molecule has 0 amide bonds. The number of sulfonamides is 1. The molecule has 1 atom stereocenters. The van der Waals surface area contributed by atoms with Crippen LogP contribution in [0, 0.1) is 6.92 Å². The summed E-state index contributed by atoms with van der Waals surface area (Å²) in [4.78, 5) is 10.4. The van der Waals surface area contributed by atoms with Gasteiger partial charge in [-0.1, -0.05) is 30.7 Å². The molecule has 0 bridgehead atoms. The minimum atomic E-state index is -3.92. The molecule has 0 aliphatic rings. The first kappa shape index (κ1) is 26.1. The van der Waals surface area contributed by atoms with Crippen LogP contribution in [0.4, 0.5) is 0 Å². The first-order valence-corrected chi connectivity index (χ1v) is 7.33.